The first-order valence-corrected chi connectivity index (χ1v) is 13.2. The minimum Gasteiger partial charge on any atom is -0.444 e. The molecule has 3 atom stereocenters. The Labute approximate surface area is 194 Å². The second-order valence-electron chi connectivity index (χ2n) is 9.59. The van der Waals surface area contributed by atoms with E-state index >= 15 is 0 Å². The van der Waals surface area contributed by atoms with Crippen molar-refractivity contribution in [1.29, 1.82) is 0 Å². The van der Waals surface area contributed by atoms with E-state index in [4.69, 9.17) is 4.74 Å². The Morgan fingerprint density at radius 3 is 2.41 bits per heavy atom. The smallest absolute Gasteiger partial charge is 0.411 e. The van der Waals surface area contributed by atoms with E-state index in [-0.39, 0.29) is 4.90 Å². The van der Waals surface area contributed by atoms with E-state index in [1.165, 1.54) is 6.42 Å². The zero-order chi connectivity index (χ0) is 23.9. The van der Waals surface area contributed by atoms with Crippen molar-refractivity contribution in [2.45, 2.75) is 101 Å². The number of rotatable bonds is 9. The van der Waals surface area contributed by atoms with Gasteiger partial charge in [0.15, 0.2) is 9.84 Å². The Balaban J connectivity index is 2.39. The van der Waals surface area contributed by atoms with E-state index in [0.29, 0.717) is 6.42 Å². The van der Waals surface area contributed by atoms with Crippen molar-refractivity contribution >= 4 is 15.9 Å². The maximum absolute atomic E-state index is 13.6. The molecule has 178 valence electrons. The summed E-state index contributed by atoms with van der Waals surface area (Å²) in [5.74, 6) is 0. The minimum atomic E-state index is -3.66. The molecule has 1 aliphatic heterocycles. The van der Waals surface area contributed by atoms with Crippen LogP contribution in [0.1, 0.15) is 71.8 Å². The molecule has 32 heavy (non-hydrogen) atoms. The summed E-state index contributed by atoms with van der Waals surface area (Å²) >= 11 is 0. The van der Waals surface area contributed by atoms with Crippen LogP contribution in [0.5, 0.6) is 0 Å². The van der Waals surface area contributed by atoms with Gasteiger partial charge in [-0.1, -0.05) is 62.1 Å². The average Bonchev–Trinajstić information content (AvgIpc) is 3.09. The largest absolute Gasteiger partial charge is 0.444 e. The fourth-order valence-corrected chi connectivity index (χ4v) is 5.93. The van der Waals surface area contributed by atoms with Crippen molar-refractivity contribution < 1.29 is 17.9 Å². The lowest BCUT2D eigenvalue weighted by atomic mass is 10.1. The predicted molar refractivity (Wildman–Crippen MR) is 131 cm³/mol. The Morgan fingerprint density at radius 1 is 1.19 bits per heavy atom. The highest BCUT2D eigenvalue weighted by atomic mass is 32.2. The van der Waals surface area contributed by atoms with E-state index in [1.807, 2.05) is 39.8 Å². The monoisotopic (exact) mass is 461 g/mol. The van der Waals surface area contributed by atoms with Gasteiger partial charge in [0.25, 0.3) is 0 Å². The van der Waals surface area contributed by atoms with Gasteiger partial charge in [0.1, 0.15) is 5.60 Å². The van der Waals surface area contributed by atoms with Gasteiger partial charge in [-0.15, -0.1) is 6.58 Å². The van der Waals surface area contributed by atoms with Crippen LogP contribution >= 0.6 is 0 Å². The topological polar surface area (TPSA) is 63.7 Å². The summed E-state index contributed by atoms with van der Waals surface area (Å²) in [6.45, 7) is 13.4. The van der Waals surface area contributed by atoms with E-state index in [2.05, 4.69) is 13.5 Å². The highest BCUT2D eigenvalue weighted by Crippen LogP contribution is 2.36. The third-order valence-electron chi connectivity index (χ3n) is 5.72. The first-order chi connectivity index (χ1) is 15.0. The zero-order valence-electron chi connectivity index (χ0n) is 20.2. The number of allylic oxidation sites excluding steroid dienone is 1. The fraction of sp³-hybridized carbons (Fsp3) is 0.577. The Bertz CT molecular complexity index is 897. The first kappa shape index (κ1) is 26.2. The summed E-state index contributed by atoms with van der Waals surface area (Å²) in [4.78, 5) is 14.9. The van der Waals surface area contributed by atoms with Crippen LogP contribution < -0.4 is 0 Å². The van der Waals surface area contributed by atoms with Crippen LogP contribution in [0.2, 0.25) is 0 Å². The number of unbranched alkanes of at least 4 members (excludes halogenated alkanes) is 4. The van der Waals surface area contributed by atoms with Gasteiger partial charge in [-0.05, 0) is 59.1 Å². The molecule has 1 aromatic rings. The molecule has 2 rings (SSSR count). The second-order valence-corrected chi connectivity index (χ2v) is 11.8. The minimum absolute atomic E-state index is 0.281. The molecule has 1 aromatic carbocycles. The molecule has 0 N–H and O–H groups in total. The Hall–Kier alpha value is -2.08. The summed E-state index contributed by atoms with van der Waals surface area (Å²) in [6.07, 6.45) is 10.7. The van der Waals surface area contributed by atoms with Crippen LogP contribution in [0, 0.1) is 6.92 Å². The Morgan fingerprint density at radius 2 is 1.84 bits per heavy atom. The van der Waals surface area contributed by atoms with Crippen molar-refractivity contribution in [1.82, 2.24) is 4.90 Å². The molecule has 1 heterocycles. The van der Waals surface area contributed by atoms with E-state index in [1.54, 1.807) is 35.2 Å². The van der Waals surface area contributed by atoms with Gasteiger partial charge in [0.05, 0.1) is 22.2 Å². The Kier molecular flexibility index (Phi) is 9.14. The predicted octanol–water partition coefficient (Wildman–Crippen LogP) is 6.23. The summed E-state index contributed by atoms with van der Waals surface area (Å²) in [6, 6.07) is 5.88. The molecule has 1 fully saturated rings. The van der Waals surface area contributed by atoms with E-state index < -0.39 is 38.9 Å². The van der Waals surface area contributed by atoms with Gasteiger partial charge < -0.3 is 4.74 Å². The van der Waals surface area contributed by atoms with Crippen molar-refractivity contribution in [3.63, 3.8) is 0 Å². The van der Waals surface area contributed by atoms with Gasteiger partial charge in [0, 0.05) is 0 Å². The molecule has 0 spiro atoms. The summed E-state index contributed by atoms with van der Waals surface area (Å²) in [7, 11) is -3.66. The maximum Gasteiger partial charge on any atom is 0.411 e. The molecule has 1 amide bonds. The molecule has 6 heteroatoms. The normalized spacial score (nSPS) is 21.8. The molecular weight excluding hydrogens is 422 g/mol. The van der Waals surface area contributed by atoms with Crippen LogP contribution in [0.3, 0.4) is 0 Å². The van der Waals surface area contributed by atoms with Crippen LogP contribution in [0.4, 0.5) is 4.79 Å². The van der Waals surface area contributed by atoms with Crippen LogP contribution in [0.25, 0.3) is 0 Å². The number of likely N-dealkylation sites (tertiary alicyclic amines) is 1. The molecule has 0 saturated carbocycles. The molecule has 5 nitrogen and oxygen atoms in total. The lowest BCUT2D eigenvalue weighted by Crippen LogP contribution is -2.45. The second kappa shape index (κ2) is 11.2. The van der Waals surface area contributed by atoms with Gasteiger partial charge in [-0.2, -0.15) is 0 Å². The summed E-state index contributed by atoms with van der Waals surface area (Å²) < 4.78 is 32.8. The van der Waals surface area contributed by atoms with Gasteiger partial charge in [-0.25, -0.2) is 13.2 Å². The SMILES string of the molecule is C=C[C@H]1C[C@@H](S(=O)(=O)c2ccc(C)cc2)[C@@H](/C=C/CCCCCC)N1C(=O)OC(C)(C)C. The number of carbonyl (C=O) groups excluding carboxylic acids is 1. The summed E-state index contributed by atoms with van der Waals surface area (Å²) in [5, 5.41) is -0.757. The van der Waals surface area contributed by atoms with Gasteiger partial charge >= 0.3 is 6.09 Å². The first-order valence-electron chi connectivity index (χ1n) is 11.6. The number of hydrogen-bond acceptors (Lipinski definition) is 4. The molecule has 1 saturated heterocycles. The van der Waals surface area contributed by atoms with Gasteiger partial charge in [-0.3, -0.25) is 4.90 Å². The molecule has 0 radical (unpaired) electrons. The molecule has 0 aromatic heterocycles. The van der Waals surface area contributed by atoms with Crippen molar-refractivity contribution in [2.24, 2.45) is 0 Å². The quantitative estimate of drug-likeness (QED) is 0.323. The maximum atomic E-state index is 13.6. The molecular formula is C26H39NO4S. The third kappa shape index (κ3) is 6.71. The lowest BCUT2D eigenvalue weighted by Gasteiger charge is -2.31. The number of benzene rings is 1. The number of sulfone groups is 1. The number of amides is 1. The molecule has 1 aliphatic rings. The standard InChI is InChI=1S/C26H39NO4S/c1-7-9-10-11-12-13-14-23-24(32(29,30)22-17-15-20(3)16-18-22)19-21(8-2)27(23)25(28)31-26(4,5)6/h8,13-18,21,23-24H,2,7,9-12,19H2,1,3-6H3/b14-13+/t21-,23+,24+/m0/s1. The third-order valence-corrected chi connectivity index (χ3v) is 7.91. The number of hydrogen-bond donors (Lipinski definition) is 0. The lowest BCUT2D eigenvalue weighted by molar-refractivity contribution is 0.0213. The summed E-state index contributed by atoms with van der Waals surface area (Å²) in [5.41, 5.74) is 0.323. The van der Waals surface area contributed by atoms with E-state index in [9.17, 15) is 13.2 Å². The van der Waals surface area contributed by atoms with Crippen LogP contribution in [0.15, 0.2) is 54.0 Å². The van der Waals surface area contributed by atoms with Gasteiger partial charge in [0.2, 0.25) is 0 Å². The van der Waals surface area contributed by atoms with Crippen LogP contribution in [-0.2, 0) is 14.6 Å². The number of nitrogens with zero attached hydrogens (tertiary/aromatic N) is 1. The average molecular weight is 462 g/mol. The highest BCUT2D eigenvalue weighted by Gasteiger charge is 2.49. The number of carbonyl (C=O) groups is 1. The fourth-order valence-electron chi connectivity index (χ4n) is 4.03. The number of ether oxygens (including phenoxy) is 1. The van der Waals surface area contributed by atoms with Crippen molar-refractivity contribution in [3.05, 3.63) is 54.6 Å². The van der Waals surface area contributed by atoms with Crippen LogP contribution in [-0.4, -0.2) is 42.3 Å². The van der Waals surface area contributed by atoms with Crippen molar-refractivity contribution in [3.8, 4) is 0 Å². The molecule has 0 bridgehead atoms. The highest BCUT2D eigenvalue weighted by molar-refractivity contribution is 7.92. The molecule has 0 unspecified atom stereocenters. The van der Waals surface area contributed by atoms with Crippen molar-refractivity contribution in [2.75, 3.05) is 0 Å². The molecule has 0 aliphatic carbocycles. The zero-order valence-corrected chi connectivity index (χ0v) is 21.0. The van der Waals surface area contributed by atoms with E-state index in [0.717, 1.165) is 31.2 Å². The number of aryl methyl sites for hydroxylation is 1.